The van der Waals surface area contributed by atoms with E-state index >= 15 is 0 Å². The monoisotopic (exact) mass is 169 g/mol. The molecule has 0 atom stereocenters. The van der Waals surface area contributed by atoms with Gasteiger partial charge in [0.25, 0.3) is 0 Å². The van der Waals surface area contributed by atoms with Crippen LogP contribution in [-0.2, 0) is 0 Å². The van der Waals surface area contributed by atoms with E-state index in [9.17, 15) is 0 Å². The zero-order valence-corrected chi connectivity index (χ0v) is 7.67. The molecule has 0 unspecified atom stereocenters. The van der Waals surface area contributed by atoms with Crippen molar-refractivity contribution in [3.05, 3.63) is 0 Å². The van der Waals surface area contributed by atoms with Crippen LogP contribution in [0.4, 0.5) is 0 Å². The Morgan fingerprint density at radius 2 is 1.82 bits per heavy atom. The van der Waals surface area contributed by atoms with Crippen molar-refractivity contribution in [3.8, 4) is 0 Å². The maximum absolute atomic E-state index is 5.16. The Morgan fingerprint density at radius 1 is 1.09 bits per heavy atom. The smallest absolute Gasteiger partial charge is 0.0758 e. The zero-order chi connectivity index (χ0) is 7.73. The molecule has 0 radical (unpaired) electrons. The largest absolute Gasteiger partial charge is 0.374 e. The van der Waals surface area contributed by atoms with E-state index in [4.69, 9.17) is 12.2 Å². The number of rotatable bonds is 0. The summed E-state index contributed by atoms with van der Waals surface area (Å²) in [5.74, 6) is 0. The third kappa shape index (κ3) is 1.41. The van der Waals surface area contributed by atoms with Gasteiger partial charge < -0.3 is 5.32 Å². The lowest BCUT2D eigenvalue weighted by Gasteiger charge is -2.33. The predicted molar refractivity (Wildman–Crippen MR) is 50.8 cm³/mol. The Hall–Kier alpha value is -0.110. The summed E-state index contributed by atoms with van der Waals surface area (Å²) in [6.45, 7) is 0. The lowest BCUT2D eigenvalue weighted by molar-refractivity contribution is 0.274. The van der Waals surface area contributed by atoms with E-state index in [1.54, 1.807) is 0 Å². The average Bonchev–Trinajstić information content (AvgIpc) is 2.34. The van der Waals surface area contributed by atoms with Gasteiger partial charge in [-0.25, -0.2) is 0 Å². The predicted octanol–water partition coefficient (Wildman–Crippen LogP) is 2.40. The van der Waals surface area contributed by atoms with Gasteiger partial charge in [0.1, 0.15) is 0 Å². The standard InChI is InChI=1S/C9H15NS/c11-8-4-7-9(10-8)5-2-1-3-6-9/h1-7H2,(H,10,11). The second-order valence-electron chi connectivity index (χ2n) is 3.89. The van der Waals surface area contributed by atoms with E-state index in [0.29, 0.717) is 5.54 Å². The Balaban J connectivity index is 2.03. The number of thiocarbonyl (C=S) groups is 1. The molecule has 1 saturated heterocycles. The highest BCUT2D eigenvalue weighted by Gasteiger charge is 2.36. The molecule has 62 valence electrons. The third-order valence-electron chi connectivity index (χ3n) is 3.05. The van der Waals surface area contributed by atoms with Gasteiger partial charge in [-0.2, -0.15) is 0 Å². The molecular weight excluding hydrogens is 154 g/mol. The quantitative estimate of drug-likeness (QED) is 0.559. The van der Waals surface area contributed by atoms with Crippen LogP contribution in [0.2, 0.25) is 0 Å². The van der Waals surface area contributed by atoms with Crippen molar-refractivity contribution in [3.63, 3.8) is 0 Å². The van der Waals surface area contributed by atoms with Crippen LogP contribution in [0, 0.1) is 0 Å². The molecule has 1 nitrogen and oxygen atoms in total. The Labute approximate surface area is 73.6 Å². The SMILES string of the molecule is S=C1CCC2(CCCCC2)N1. The Morgan fingerprint density at radius 3 is 2.36 bits per heavy atom. The first-order valence-corrected chi connectivity index (χ1v) is 5.03. The highest BCUT2D eigenvalue weighted by molar-refractivity contribution is 7.80. The summed E-state index contributed by atoms with van der Waals surface area (Å²) in [6, 6.07) is 0. The van der Waals surface area contributed by atoms with E-state index in [0.717, 1.165) is 11.4 Å². The maximum Gasteiger partial charge on any atom is 0.0758 e. The molecule has 11 heavy (non-hydrogen) atoms. The third-order valence-corrected chi connectivity index (χ3v) is 3.35. The zero-order valence-electron chi connectivity index (χ0n) is 6.86. The molecule has 0 aromatic heterocycles. The second kappa shape index (κ2) is 2.74. The first-order valence-electron chi connectivity index (χ1n) is 4.62. The highest BCUT2D eigenvalue weighted by Crippen LogP contribution is 2.35. The first kappa shape index (κ1) is 7.53. The molecule has 0 aromatic rings. The minimum Gasteiger partial charge on any atom is -0.374 e. The lowest BCUT2D eigenvalue weighted by atomic mass is 9.81. The summed E-state index contributed by atoms with van der Waals surface area (Å²) in [5.41, 5.74) is 0.454. The van der Waals surface area contributed by atoms with Crippen molar-refractivity contribution in [1.29, 1.82) is 0 Å². The normalized spacial score (nSPS) is 28.9. The summed E-state index contributed by atoms with van der Waals surface area (Å²) in [6.07, 6.45) is 9.36. The summed E-state index contributed by atoms with van der Waals surface area (Å²) in [5, 5.41) is 3.50. The molecular formula is C9H15NS. The molecule has 1 saturated carbocycles. The number of hydrogen-bond donors (Lipinski definition) is 1. The molecule has 1 heterocycles. The number of nitrogens with one attached hydrogen (secondary N) is 1. The maximum atomic E-state index is 5.16. The molecule has 2 heteroatoms. The van der Waals surface area contributed by atoms with E-state index in [1.165, 1.54) is 38.5 Å². The molecule has 2 fully saturated rings. The average molecular weight is 169 g/mol. The van der Waals surface area contributed by atoms with Gasteiger partial charge in [-0.1, -0.05) is 31.5 Å². The van der Waals surface area contributed by atoms with Crippen LogP contribution in [0.5, 0.6) is 0 Å². The molecule has 0 bridgehead atoms. The minimum atomic E-state index is 0.454. The van der Waals surface area contributed by atoms with Crippen molar-refractivity contribution in [2.24, 2.45) is 0 Å². The van der Waals surface area contributed by atoms with Crippen molar-refractivity contribution < 1.29 is 0 Å². The van der Waals surface area contributed by atoms with Gasteiger partial charge in [-0.05, 0) is 25.7 Å². The molecule has 0 amide bonds. The van der Waals surface area contributed by atoms with Gasteiger partial charge in [-0.3, -0.25) is 0 Å². The van der Waals surface area contributed by atoms with E-state index in [-0.39, 0.29) is 0 Å². The van der Waals surface area contributed by atoms with Crippen LogP contribution in [0.15, 0.2) is 0 Å². The highest BCUT2D eigenvalue weighted by atomic mass is 32.1. The lowest BCUT2D eigenvalue weighted by Crippen LogP contribution is -2.42. The van der Waals surface area contributed by atoms with Crippen LogP contribution < -0.4 is 5.32 Å². The fraction of sp³-hybridized carbons (Fsp3) is 0.889. The van der Waals surface area contributed by atoms with Crippen molar-refractivity contribution >= 4 is 17.2 Å². The van der Waals surface area contributed by atoms with E-state index < -0.39 is 0 Å². The number of hydrogen-bond acceptors (Lipinski definition) is 1. The van der Waals surface area contributed by atoms with Crippen LogP contribution in [0.1, 0.15) is 44.9 Å². The molecule has 1 N–H and O–H groups in total. The van der Waals surface area contributed by atoms with Crippen LogP contribution in [-0.4, -0.2) is 10.5 Å². The summed E-state index contributed by atoms with van der Waals surface area (Å²) >= 11 is 5.16. The van der Waals surface area contributed by atoms with Crippen LogP contribution in [0.25, 0.3) is 0 Å². The Kier molecular flexibility index (Phi) is 1.88. The van der Waals surface area contributed by atoms with E-state index in [2.05, 4.69) is 5.32 Å². The second-order valence-corrected chi connectivity index (χ2v) is 4.38. The van der Waals surface area contributed by atoms with Gasteiger partial charge in [0.05, 0.1) is 4.99 Å². The molecule has 1 aliphatic carbocycles. The fourth-order valence-electron chi connectivity index (χ4n) is 2.38. The van der Waals surface area contributed by atoms with Gasteiger partial charge in [0.2, 0.25) is 0 Å². The van der Waals surface area contributed by atoms with Crippen LogP contribution >= 0.6 is 12.2 Å². The van der Waals surface area contributed by atoms with Crippen molar-refractivity contribution in [2.45, 2.75) is 50.5 Å². The Bertz CT molecular complexity index is 170. The topological polar surface area (TPSA) is 12.0 Å². The molecule has 0 aromatic carbocycles. The molecule has 1 spiro atoms. The molecule has 1 aliphatic heterocycles. The van der Waals surface area contributed by atoms with Gasteiger partial charge in [0, 0.05) is 5.54 Å². The summed E-state index contributed by atoms with van der Waals surface area (Å²) in [7, 11) is 0. The fourth-order valence-corrected chi connectivity index (χ4v) is 2.70. The summed E-state index contributed by atoms with van der Waals surface area (Å²) in [4.78, 5) is 1.10. The van der Waals surface area contributed by atoms with E-state index in [1.807, 2.05) is 0 Å². The van der Waals surface area contributed by atoms with Crippen molar-refractivity contribution in [2.75, 3.05) is 0 Å². The van der Waals surface area contributed by atoms with Gasteiger partial charge >= 0.3 is 0 Å². The molecule has 2 aliphatic rings. The van der Waals surface area contributed by atoms with Crippen molar-refractivity contribution in [1.82, 2.24) is 5.32 Å². The van der Waals surface area contributed by atoms with Crippen LogP contribution in [0.3, 0.4) is 0 Å². The minimum absolute atomic E-state index is 0.454. The van der Waals surface area contributed by atoms with Gasteiger partial charge in [-0.15, -0.1) is 0 Å². The molecule has 2 rings (SSSR count). The van der Waals surface area contributed by atoms with Gasteiger partial charge in [0.15, 0.2) is 0 Å². The first-order chi connectivity index (χ1) is 5.31. The summed E-state index contributed by atoms with van der Waals surface area (Å²) < 4.78 is 0.